The number of benzene rings is 3. The summed E-state index contributed by atoms with van der Waals surface area (Å²) in [5, 5.41) is 2.82. The van der Waals surface area contributed by atoms with Crippen LogP contribution in [0.15, 0.2) is 84.9 Å². The molecule has 0 aromatic heterocycles. The van der Waals surface area contributed by atoms with Crippen molar-refractivity contribution in [1.82, 2.24) is 5.32 Å². The van der Waals surface area contributed by atoms with E-state index in [2.05, 4.69) is 5.32 Å². The summed E-state index contributed by atoms with van der Waals surface area (Å²) >= 11 is 0. The number of ketones is 1. The smallest absolute Gasteiger partial charge is 0.338 e. The van der Waals surface area contributed by atoms with E-state index in [1.165, 1.54) is 19.1 Å². The molecule has 1 N–H and O–H groups in total. The normalized spacial score (nSPS) is 12.5. The SMILES string of the molecule is C[C@H](OC(=O)c1ccc(C(=O)c2ccccc2)cc1)C(=O)NC[C@@H](C)c1ccccc1. The Kier molecular flexibility index (Phi) is 7.33. The van der Waals surface area contributed by atoms with E-state index in [0.29, 0.717) is 17.7 Å². The summed E-state index contributed by atoms with van der Waals surface area (Å²) in [7, 11) is 0. The van der Waals surface area contributed by atoms with Crippen molar-refractivity contribution in [3.63, 3.8) is 0 Å². The molecule has 31 heavy (non-hydrogen) atoms. The van der Waals surface area contributed by atoms with Gasteiger partial charge >= 0.3 is 5.97 Å². The van der Waals surface area contributed by atoms with Gasteiger partial charge in [0.25, 0.3) is 5.91 Å². The predicted octanol–water partition coefficient (Wildman–Crippen LogP) is 4.38. The van der Waals surface area contributed by atoms with E-state index in [1.807, 2.05) is 43.3 Å². The molecule has 0 aliphatic carbocycles. The summed E-state index contributed by atoms with van der Waals surface area (Å²) in [4.78, 5) is 37.2. The summed E-state index contributed by atoms with van der Waals surface area (Å²) in [6, 6.07) is 25.0. The van der Waals surface area contributed by atoms with Crippen molar-refractivity contribution in [3.8, 4) is 0 Å². The Hall–Kier alpha value is -3.73. The average Bonchev–Trinajstić information content (AvgIpc) is 2.82. The summed E-state index contributed by atoms with van der Waals surface area (Å²) in [5.74, 6) is -0.951. The summed E-state index contributed by atoms with van der Waals surface area (Å²) in [6.07, 6.45) is -0.930. The largest absolute Gasteiger partial charge is 0.449 e. The molecule has 0 radical (unpaired) electrons. The van der Waals surface area contributed by atoms with Crippen molar-refractivity contribution < 1.29 is 19.1 Å². The lowest BCUT2D eigenvalue weighted by molar-refractivity contribution is -0.129. The third kappa shape index (κ3) is 5.89. The van der Waals surface area contributed by atoms with E-state index in [1.54, 1.807) is 36.4 Å². The second-order valence-electron chi connectivity index (χ2n) is 7.38. The molecule has 0 heterocycles. The summed E-state index contributed by atoms with van der Waals surface area (Å²) in [5.41, 5.74) is 2.45. The van der Waals surface area contributed by atoms with Crippen LogP contribution in [0.25, 0.3) is 0 Å². The van der Waals surface area contributed by atoms with E-state index in [0.717, 1.165) is 5.56 Å². The highest BCUT2D eigenvalue weighted by Gasteiger charge is 2.20. The maximum atomic E-state index is 12.5. The molecule has 5 heteroatoms. The van der Waals surface area contributed by atoms with Crippen molar-refractivity contribution in [2.75, 3.05) is 6.54 Å². The highest BCUT2D eigenvalue weighted by molar-refractivity contribution is 6.09. The third-order valence-electron chi connectivity index (χ3n) is 5.02. The first-order valence-electron chi connectivity index (χ1n) is 10.2. The number of carbonyl (C=O) groups excluding carboxylic acids is 3. The van der Waals surface area contributed by atoms with Crippen molar-refractivity contribution >= 4 is 17.7 Å². The molecule has 3 aromatic carbocycles. The lowest BCUT2D eigenvalue weighted by Gasteiger charge is -2.16. The van der Waals surface area contributed by atoms with Gasteiger partial charge in [0.05, 0.1) is 5.56 Å². The zero-order chi connectivity index (χ0) is 22.2. The van der Waals surface area contributed by atoms with E-state index in [4.69, 9.17) is 4.74 Å². The van der Waals surface area contributed by atoms with Gasteiger partial charge in [-0.1, -0.05) is 79.7 Å². The van der Waals surface area contributed by atoms with Crippen LogP contribution in [-0.4, -0.2) is 30.3 Å². The molecule has 0 spiro atoms. The fourth-order valence-electron chi connectivity index (χ4n) is 3.09. The number of hydrogen-bond acceptors (Lipinski definition) is 4. The number of esters is 1. The molecule has 0 bridgehead atoms. The van der Waals surface area contributed by atoms with Crippen molar-refractivity contribution in [2.24, 2.45) is 0 Å². The molecule has 1 amide bonds. The minimum Gasteiger partial charge on any atom is -0.449 e. The molecular formula is C26H25NO4. The molecule has 3 rings (SSSR count). The van der Waals surface area contributed by atoms with Crippen molar-refractivity contribution in [1.29, 1.82) is 0 Å². The van der Waals surface area contributed by atoms with Gasteiger partial charge in [0, 0.05) is 17.7 Å². The first-order valence-corrected chi connectivity index (χ1v) is 10.2. The van der Waals surface area contributed by atoms with Crippen LogP contribution in [0, 0.1) is 0 Å². The van der Waals surface area contributed by atoms with Gasteiger partial charge in [0.15, 0.2) is 11.9 Å². The van der Waals surface area contributed by atoms with Gasteiger partial charge in [-0.2, -0.15) is 0 Å². The van der Waals surface area contributed by atoms with Crippen LogP contribution >= 0.6 is 0 Å². The Balaban J connectivity index is 1.53. The number of nitrogens with one attached hydrogen (secondary N) is 1. The quantitative estimate of drug-likeness (QED) is 0.438. The fraction of sp³-hybridized carbons (Fsp3) is 0.192. The monoisotopic (exact) mass is 415 g/mol. The second kappa shape index (κ2) is 10.3. The molecule has 0 unspecified atom stereocenters. The Morgan fingerprint density at radius 3 is 1.87 bits per heavy atom. The Bertz CT molecular complexity index is 1030. The van der Waals surface area contributed by atoms with E-state index in [-0.39, 0.29) is 23.2 Å². The zero-order valence-corrected chi connectivity index (χ0v) is 17.6. The summed E-state index contributed by atoms with van der Waals surface area (Å²) < 4.78 is 5.29. The highest BCUT2D eigenvalue weighted by atomic mass is 16.5. The highest BCUT2D eigenvalue weighted by Crippen LogP contribution is 2.14. The Morgan fingerprint density at radius 1 is 0.742 bits per heavy atom. The maximum absolute atomic E-state index is 12.5. The van der Waals surface area contributed by atoms with Gasteiger partial charge in [-0.25, -0.2) is 4.79 Å². The minimum absolute atomic E-state index is 0.124. The van der Waals surface area contributed by atoms with E-state index >= 15 is 0 Å². The molecule has 0 fully saturated rings. The predicted molar refractivity (Wildman–Crippen MR) is 119 cm³/mol. The number of carbonyl (C=O) groups is 3. The molecule has 5 nitrogen and oxygen atoms in total. The molecule has 0 saturated carbocycles. The maximum Gasteiger partial charge on any atom is 0.338 e. The second-order valence-corrected chi connectivity index (χ2v) is 7.38. The molecule has 158 valence electrons. The zero-order valence-electron chi connectivity index (χ0n) is 17.6. The Labute approximate surface area is 182 Å². The first-order chi connectivity index (χ1) is 15.0. The molecule has 0 aliphatic rings. The van der Waals surface area contributed by atoms with Crippen LogP contribution in [-0.2, 0) is 9.53 Å². The van der Waals surface area contributed by atoms with Crippen LogP contribution in [0.5, 0.6) is 0 Å². The Morgan fingerprint density at radius 2 is 1.26 bits per heavy atom. The van der Waals surface area contributed by atoms with Crippen molar-refractivity contribution in [2.45, 2.75) is 25.9 Å². The van der Waals surface area contributed by atoms with Gasteiger partial charge in [-0.15, -0.1) is 0 Å². The van der Waals surface area contributed by atoms with Crippen molar-refractivity contribution in [3.05, 3.63) is 107 Å². The number of ether oxygens (including phenoxy) is 1. The minimum atomic E-state index is -0.930. The van der Waals surface area contributed by atoms with Gasteiger partial charge in [-0.3, -0.25) is 9.59 Å². The lowest BCUT2D eigenvalue weighted by Crippen LogP contribution is -2.37. The first kappa shape index (κ1) is 22.0. The molecule has 2 atom stereocenters. The third-order valence-corrected chi connectivity index (χ3v) is 5.02. The molecule has 0 saturated heterocycles. The van der Waals surface area contributed by atoms with Crippen LogP contribution in [0.2, 0.25) is 0 Å². The number of rotatable bonds is 8. The van der Waals surface area contributed by atoms with E-state index in [9.17, 15) is 14.4 Å². The fourth-order valence-corrected chi connectivity index (χ4v) is 3.09. The lowest BCUT2D eigenvalue weighted by atomic mass is 10.0. The van der Waals surface area contributed by atoms with Crippen LogP contribution in [0.4, 0.5) is 0 Å². The topological polar surface area (TPSA) is 72.5 Å². The van der Waals surface area contributed by atoms with Gasteiger partial charge < -0.3 is 10.1 Å². The number of hydrogen-bond donors (Lipinski definition) is 1. The molecule has 0 aliphatic heterocycles. The van der Waals surface area contributed by atoms with Gasteiger partial charge in [0.1, 0.15) is 0 Å². The van der Waals surface area contributed by atoms with Crippen LogP contribution in [0.3, 0.4) is 0 Å². The summed E-state index contributed by atoms with van der Waals surface area (Å²) in [6.45, 7) is 4.00. The standard InChI is InChI=1S/C26H25NO4/c1-18(20-9-5-3-6-10-20)17-27-25(29)19(2)31-26(30)23-15-13-22(14-16-23)24(28)21-11-7-4-8-12-21/h3-16,18-19H,17H2,1-2H3,(H,27,29)/t18-,19+/m1/s1. The molecular weight excluding hydrogens is 390 g/mol. The van der Waals surface area contributed by atoms with E-state index < -0.39 is 12.1 Å². The van der Waals surface area contributed by atoms with Gasteiger partial charge in [0.2, 0.25) is 0 Å². The number of amides is 1. The average molecular weight is 415 g/mol. The van der Waals surface area contributed by atoms with Crippen LogP contribution < -0.4 is 5.32 Å². The van der Waals surface area contributed by atoms with Gasteiger partial charge in [-0.05, 0) is 30.5 Å². The molecule has 3 aromatic rings. The van der Waals surface area contributed by atoms with Crippen LogP contribution in [0.1, 0.15) is 51.6 Å².